The van der Waals surface area contributed by atoms with Gasteiger partial charge >= 0.3 is 0 Å². The Morgan fingerprint density at radius 1 is 1.39 bits per heavy atom. The van der Waals surface area contributed by atoms with Gasteiger partial charge in [-0.15, -0.1) is 0 Å². The second-order valence-electron chi connectivity index (χ2n) is 4.46. The van der Waals surface area contributed by atoms with E-state index in [0.717, 1.165) is 30.6 Å². The average Bonchev–Trinajstić information content (AvgIpc) is 2.99. The Bertz CT molecular complexity index is 559. The maximum Gasteiger partial charge on any atom is 0.258 e. The van der Waals surface area contributed by atoms with Crippen molar-refractivity contribution >= 4 is 0 Å². The highest BCUT2D eigenvalue weighted by molar-refractivity contribution is 5.59. The summed E-state index contributed by atoms with van der Waals surface area (Å²) in [6.07, 6.45) is 1.93. The zero-order valence-electron chi connectivity index (χ0n) is 10.1. The van der Waals surface area contributed by atoms with E-state index in [1.165, 1.54) is 0 Å². The first-order valence-corrected chi connectivity index (χ1v) is 5.99. The first-order valence-electron chi connectivity index (χ1n) is 5.99. The Balaban J connectivity index is 1.92. The average molecular weight is 246 g/mol. The smallest absolute Gasteiger partial charge is 0.258 e. The van der Waals surface area contributed by atoms with Crippen LogP contribution in [0.15, 0.2) is 22.7 Å². The van der Waals surface area contributed by atoms with Gasteiger partial charge in [-0.3, -0.25) is 0 Å². The normalized spacial score (nSPS) is 19.3. The summed E-state index contributed by atoms with van der Waals surface area (Å²) in [6, 6.07) is 5.06. The van der Waals surface area contributed by atoms with Crippen molar-refractivity contribution < 1.29 is 14.4 Å². The number of nitrogens with zero attached hydrogens (tertiary/aromatic N) is 2. The molecule has 0 saturated carbocycles. The van der Waals surface area contributed by atoms with E-state index in [9.17, 15) is 5.11 Å². The third kappa shape index (κ3) is 1.97. The summed E-state index contributed by atoms with van der Waals surface area (Å²) in [5.41, 5.74) is 1.74. The van der Waals surface area contributed by atoms with Gasteiger partial charge in [-0.1, -0.05) is 5.16 Å². The lowest BCUT2D eigenvalue weighted by Gasteiger charge is -2.02. The molecule has 2 aromatic rings. The van der Waals surface area contributed by atoms with Crippen molar-refractivity contribution in [3.05, 3.63) is 29.6 Å². The molecule has 1 unspecified atom stereocenters. The van der Waals surface area contributed by atoms with Crippen molar-refractivity contribution in [2.75, 3.05) is 6.61 Å². The van der Waals surface area contributed by atoms with Crippen LogP contribution in [0.1, 0.15) is 30.3 Å². The molecule has 5 nitrogen and oxygen atoms in total. The van der Waals surface area contributed by atoms with Gasteiger partial charge in [0.25, 0.3) is 5.89 Å². The molecule has 1 N–H and O–H groups in total. The summed E-state index contributed by atoms with van der Waals surface area (Å²) < 4.78 is 10.8. The van der Waals surface area contributed by atoms with Crippen molar-refractivity contribution in [1.29, 1.82) is 0 Å². The van der Waals surface area contributed by atoms with Crippen LogP contribution in [0.4, 0.5) is 0 Å². The fraction of sp³-hybridized carbons (Fsp3) is 0.385. The van der Waals surface area contributed by atoms with Crippen LogP contribution < -0.4 is 0 Å². The van der Waals surface area contributed by atoms with Gasteiger partial charge in [0.15, 0.2) is 0 Å². The van der Waals surface area contributed by atoms with Crippen molar-refractivity contribution in [1.82, 2.24) is 10.1 Å². The molecule has 0 radical (unpaired) electrons. The minimum Gasteiger partial charge on any atom is -0.508 e. The van der Waals surface area contributed by atoms with Crippen LogP contribution in [0.5, 0.6) is 5.75 Å². The lowest BCUT2D eigenvalue weighted by Crippen LogP contribution is -1.97. The molecule has 1 saturated heterocycles. The molecule has 1 aliphatic heterocycles. The molecule has 3 rings (SSSR count). The highest BCUT2D eigenvalue weighted by Crippen LogP contribution is 2.30. The van der Waals surface area contributed by atoms with Crippen LogP contribution in [0.25, 0.3) is 11.5 Å². The molecule has 0 aliphatic carbocycles. The number of ether oxygens (including phenoxy) is 1. The summed E-state index contributed by atoms with van der Waals surface area (Å²) >= 11 is 0. The van der Waals surface area contributed by atoms with Gasteiger partial charge in [0.1, 0.15) is 11.9 Å². The molecule has 1 aliphatic rings. The largest absolute Gasteiger partial charge is 0.508 e. The first-order chi connectivity index (χ1) is 8.74. The lowest BCUT2D eigenvalue weighted by atomic mass is 10.1. The molecule has 1 aromatic heterocycles. The van der Waals surface area contributed by atoms with Crippen LogP contribution in [0.3, 0.4) is 0 Å². The van der Waals surface area contributed by atoms with Gasteiger partial charge in [-0.05, 0) is 43.5 Å². The summed E-state index contributed by atoms with van der Waals surface area (Å²) in [7, 11) is 0. The molecule has 18 heavy (non-hydrogen) atoms. The van der Waals surface area contributed by atoms with Crippen LogP contribution in [-0.2, 0) is 4.74 Å². The number of aromatic hydroxyl groups is 1. The van der Waals surface area contributed by atoms with E-state index in [2.05, 4.69) is 10.1 Å². The molecular weight excluding hydrogens is 232 g/mol. The second kappa shape index (κ2) is 4.42. The van der Waals surface area contributed by atoms with E-state index in [4.69, 9.17) is 9.26 Å². The molecule has 1 fully saturated rings. The van der Waals surface area contributed by atoms with Gasteiger partial charge in [0.2, 0.25) is 5.82 Å². The van der Waals surface area contributed by atoms with Crippen molar-refractivity contribution in [3.8, 4) is 17.2 Å². The molecule has 0 spiro atoms. The Labute approximate surface area is 104 Å². The first kappa shape index (κ1) is 11.2. The van der Waals surface area contributed by atoms with Crippen LogP contribution in [-0.4, -0.2) is 21.9 Å². The van der Waals surface area contributed by atoms with E-state index < -0.39 is 0 Å². The van der Waals surface area contributed by atoms with Gasteiger partial charge < -0.3 is 14.4 Å². The molecule has 94 valence electrons. The predicted molar refractivity (Wildman–Crippen MR) is 64.1 cm³/mol. The number of aryl methyl sites for hydroxylation is 1. The van der Waals surface area contributed by atoms with E-state index in [1.54, 1.807) is 18.2 Å². The Hall–Kier alpha value is -1.88. The molecule has 0 amide bonds. The van der Waals surface area contributed by atoms with Gasteiger partial charge in [-0.25, -0.2) is 0 Å². The standard InChI is InChI=1S/C13H14N2O3/c1-8-7-9(16)4-5-10(8)13-14-12(15-18-13)11-3-2-6-17-11/h4-5,7,11,16H,2-3,6H2,1H3. The van der Waals surface area contributed by atoms with Crippen LogP contribution >= 0.6 is 0 Å². The highest BCUT2D eigenvalue weighted by Gasteiger charge is 2.23. The van der Waals surface area contributed by atoms with Crippen molar-refractivity contribution in [3.63, 3.8) is 0 Å². The lowest BCUT2D eigenvalue weighted by molar-refractivity contribution is 0.103. The third-order valence-electron chi connectivity index (χ3n) is 3.10. The minimum absolute atomic E-state index is 0.0417. The summed E-state index contributed by atoms with van der Waals surface area (Å²) in [6.45, 7) is 2.65. The van der Waals surface area contributed by atoms with Gasteiger partial charge in [0, 0.05) is 12.2 Å². The van der Waals surface area contributed by atoms with Gasteiger partial charge in [-0.2, -0.15) is 4.98 Å². The Kier molecular flexibility index (Phi) is 2.76. The third-order valence-corrected chi connectivity index (χ3v) is 3.10. The molecule has 1 aromatic carbocycles. The zero-order valence-corrected chi connectivity index (χ0v) is 10.1. The molecule has 1 atom stereocenters. The Morgan fingerprint density at radius 2 is 2.28 bits per heavy atom. The van der Waals surface area contributed by atoms with E-state index >= 15 is 0 Å². The number of phenols is 1. The summed E-state index contributed by atoms with van der Waals surface area (Å²) in [5.74, 6) is 1.31. The monoisotopic (exact) mass is 246 g/mol. The van der Waals surface area contributed by atoms with Crippen molar-refractivity contribution in [2.24, 2.45) is 0 Å². The van der Waals surface area contributed by atoms with Crippen LogP contribution in [0, 0.1) is 6.92 Å². The Morgan fingerprint density at radius 3 is 3.00 bits per heavy atom. The number of hydrogen-bond acceptors (Lipinski definition) is 5. The topological polar surface area (TPSA) is 68.4 Å². The zero-order chi connectivity index (χ0) is 12.5. The minimum atomic E-state index is -0.0417. The fourth-order valence-corrected chi connectivity index (χ4v) is 2.14. The second-order valence-corrected chi connectivity index (χ2v) is 4.46. The van der Waals surface area contributed by atoms with E-state index in [1.807, 2.05) is 6.92 Å². The van der Waals surface area contributed by atoms with Crippen LogP contribution in [0.2, 0.25) is 0 Å². The number of benzene rings is 1. The number of aromatic nitrogens is 2. The van der Waals surface area contributed by atoms with Crippen molar-refractivity contribution in [2.45, 2.75) is 25.9 Å². The predicted octanol–water partition coefficient (Wildman–Crippen LogP) is 2.60. The van der Waals surface area contributed by atoms with Gasteiger partial charge in [0.05, 0.1) is 0 Å². The number of hydrogen-bond donors (Lipinski definition) is 1. The molecule has 2 heterocycles. The number of rotatable bonds is 2. The fourth-order valence-electron chi connectivity index (χ4n) is 2.14. The summed E-state index contributed by atoms with van der Waals surface area (Å²) in [5, 5.41) is 13.3. The highest BCUT2D eigenvalue weighted by atomic mass is 16.5. The van der Waals surface area contributed by atoms with E-state index in [0.29, 0.717) is 11.7 Å². The van der Waals surface area contributed by atoms with E-state index in [-0.39, 0.29) is 11.9 Å². The molecule has 5 heteroatoms. The SMILES string of the molecule is Cc1cc(O)ccc1-c1nc(C2CCCO2)no1. The maximum absolute atomic E-state index is 9.38. The molecule has 0 bridgehead atoms. The quantitative estimate of drug-likeness (QED) is 0.882. The summed E-state index contributed by atoms with van der Waals surface area (Å²) in [4.78, 5) is 4.37. The number of phenolic OH excluding ortho intramolecular Hbond substituents is 1. The molecular formula is C13H14N2O3. The maximum atomic E-state index is 9.38.